The summed E-state index contributed by atoms with van der Waals surface area (Å²) in [6.07, 6.45) is 6.59. The third-order valence-electron chi connectivity index (χ3n) is 5.06. The number of nitrogens with zero attached hydrogens (tertiary/aromatic N) is 2. The van der Waals surface area contributed by atoms with Crippen LogP contribution in [0.4, 0.5) is 0 Å². The molecule has 0 spiro atoms. The lowest BCUT2D eigenvalue weighted by Crippen LogP contribution is -2.46. The Labute approximate surface area is 162 Å². The van der Waals surface area contributed by atoms with Crippen LogP contribution >= 0.6 is 24.0 Å². The van der Waals surface area contributed by atoms with Crippen molar-refractivity contribution in [3.8, 4) is 0 Å². The summed E-state index contributed by atoms with van der Waals surface area (Å²) in [6.45, 7) is 5.24. The summed E-state index contributed by atoms with van der Waals surface area (Å²) in [5.74, 6) is 1.51. The van der Waals surface area contributed by atoms with Gasteiger partial charge in [-0.25, -0.2) is 0 Å². The molecule has 2 aliphatic rings. The van der Waals surface area contributed by atoms with Gasteiger partial charge in [-0.3, -0.25) is 9.79 Å². The van der Waals surface area contributed by atoms with Crippen LogP contribution in [0.15, 0.2) is 4.99 Å². The average molecular weight is 452 g/mol. The maximum atomic E-state index is 11.5. The molecule has 1 aliphatic carbocycles. The second-order valence-corrected chi connectivity index (χ2v) is 6.91. The summed E-state index contributed by atoms with van der Waals surface area (Å²) in [6, 6.07) is 0. The fourth-order valence-corrected chi connectivity index (χ4v) is 3.55. The molecule has 2 rings (SSSR count). The molecule has 3 N–H and O–H groups in total. The Hall–Kier alpha value is -0.570. The summed E-state index contributed by atoms with van der Waals surface area (Å²) >= 11 is 0. The number of likely N-dealkylation sites (tertiary alicyclic amines) is 1. The molecular formula is C17H33IN4O2. The lowest BCUT2D eigenvalue weighted by Gasteiger charge is -2.34. The lowest BCUT2D eigenvalue weighted by molar-refractivity contribution is -0.121. The molecule has 140 valence electrons. The van der Waals surface area contributed by atoms with Crippen molar-refractivity contribution < 1.29 is 9.90 Å². The second-order valence-electron chi connectivity index (χ2n) is 6.91. The number of carbonyl (C=O) groups excluding carboxylic acids is 1. The van der Waals surface area contributed by atoms with Gasteiger partial charge in [0, 0.05) is 33.1 Å². The van der Waals surface area contributed by atoms with Gasteiger partial charge in [0.25, 0.3) is 0 Å². The van der Waals surface area contributed by atoms with Crippen molar-refractivity contribution in [3.63, 3.8) is 0 Å². The van der Waals surface area contributed by atoms with Gasteiger partial charge in [0.1, 0.15) is 0 Å². The highest BCUT2D eigenvalue weighted by Crippen LogP contribution is 2.29. The standard InChI is InChI=1S/C17H32N4O2.HI/c1-3-19-16(20-13-17(23)8-4-5-9-17)21-10-6-14(7-11-21)12-15(22)18-2;/h14,23H,3-13H2,1-2H3,(H,18,22)(H,19,20);1H. The van der Waals surface area contributed by atoms with Crippen LogP contribution in [0.25, 0.3) is 0 Å². The first kappa shape index (κ1) is 21.5. The zero-order chi connectivity index (χ0) is 16.7. The number of piperidine rings is 1. The molecule has 0 aromatic rings. The number of aliphatic hydroxyl groups is 1. The van der Waals surface area contributed by atoms with Gasteiger partial charge in [-0.05, 0) is 38.5 Å². The highest BCUT2D eigenvalue weighted by atomic mass is 127. The van der Waals surface area contributed by atoms with E-state index in [1.54, 1.807) is 7.05 Å². The van der Waals surface area contributed by atoms with Gasteiger partial charge in [-0.2, -0.15) is 0 Å². The number of guanidine groups is 1. The van der Waals surface area contributed by atoms with E-state index in [0.717, 1.165) is 64.1 Å². The quantitative estimate of drug-likeness (QED) is 0.338. The SMILES string of the molecule is CCNC(=NCC1(O)CCCC1)N1CCC(CC(=O)NC)CC1.I. The van der Waals surface area contributed by atoms with Gasteiger partial charge in [-0.1, -0.05) is 12.8 Å². The Morgan fingerprint density at radius 3 is 2.46 bits per heavy atom. The number of nitrogens with one attached hydrogen (secondary N) is 2. The monoisotopic (exact) mass is 452 g/mol. The molecule has 0 radical (unpaired) electrons. The van der Waals surface area contributed by atoms with Crippen molar-refractivity contribution in [2.75, 3.05) is 33.2 Å². The zero-order valence-corrected chi connectivity index (χ0v) is 17.3. The molecule has 7 heteroatoms. The molecule has 6 nitrogen and oxygen atoms in total. The maximum absolute atomic E-state index is 11.5. The normalized spacial score (nSPS) is 21.3. The highest BCUT2D eigenvalue weighted by molar-refractivity contribution is 14.0. The van der Waals surface area contributed by atoms with Gasteiger partial charge in [0.05, 0.1) is 12.1 Å². The molecule has 0 aromatic heterocycles. The summed E-state index contributed by atoms with van der Waals surface area (Å²) < 4.78 is 0. The molecule has 1 saturated carbocycles. The molecule has 2 fully saturated rings. The zero-order valence-electron chi connectivity index (χ0n) is 15.0. The molecule has 1 amide bonds. The minimum Gasteiger partial charge on any atom is -0.388 e. The summed E-state index contributed by atoms with van der Waals surface area (Å²) in [5, 5.41) is 16.5. The molecule has 0 bridgehead atoms. The molecule has 1 heterocycles. The van der Waals surface area contributed by atoms with Crippen molar-refractivity contribution in [2.24, 2.45) is 10.9 Å². The number of carbonyl (C=O) groups is 1. The fourth-order valence-electron chi connectivity index (χ4n) is 3.55. The summed E-state index contributed by atoms with van der Waals surface area (Å²) in [5.41, 5.74) is -0.599. The van der Waals surface area contributed by atoms with Crippen LogP contribution in [0.1, 0.15) is 51.9 Å². The Balaban J connectivity index is 0.00000288. The van der Waals surface area contributed by atoms with E-state index in [1.807, 2.05) is 0 Å². The van der Waals surface area contributed by atoms with Crippen LogP contribution in [0.3, 0.4) is 0 Å². The van der Waals surface area contributed by atoms with E-state index >= 15 is 0 Å². The molecule has 1 saturated heterocycles. The summed E-state index contributed by atoms with van der Waals surface area (Å²) in [7, 11) is 1.70. The van der Waals surface area contributed by atoms with E-state index in [2.05, 4.69) is 22.5 Å². The Bertz CT molecular complexity index is 417. The van der Waals surface area contributed by atoms with Crippen LogP contribution in [-0.4, -0.2) is 60.7 Å². The molecular weight excluding hydrogens is 419 g/mol. The molecule has 1 aliphatic heterocycles. The van der Waals surface area contributed by atoms with Gasteiger partial charge in [0.2, 0.25) is 5.91 Å². The van der Waals surface area contributed by atoms with Crippen LogP contribution in [0.5, 0.6) is 0 Å². The van der Waals surface area contributed by atoms with Crippen LogP contribution in [0, 0.1) is 5.92 Å². The van der Waals surface area contributed by atoms with E-state index in [1.165, 1.54) is 0 Å². The number of hydrogen-bond acceptors (Lipinski definition) is 3. The van der Waals surface area contributed by atoms with Gasteiger partial charge in [0.15, 0.2) is 5.96 Å². The maximum Gasteiger partial charge on any atom is 0.220 e. The number of halogens is 1. The van der Waals surface area contributed by atoms with Crippen molar-refractivity contribution in [3.05, 3.63) is 0 Å². The third kappa shape index (κ3) is 6.38. The Kier molecular flexibility index (Phi) is 9.33. The second kappa shape index (κ2) is 10.4. The van der Waals surface area contributed by atoms with Crippen molar-refractivity contribution in [1.29, 1.82) is 0 Å². The van der Waals surface area contributed by atoms with Crippen molar-refractivity contribution in [2.45, 2.75) is 57.5 Å². The van der Waals surface area contributed by atoms with E-state index in [4.69, 9.17) is 4.99 Å². The van der Waals surface area contributed by atoms with Crippen LogP contribution in [0.2, 0.25) is 0 Å². The number of rotatable bonds is 5. The largest absolute Gasteiger partial charge is 0.388 e. The van der Waals surface area contributed by atoms with Gasteiger partial charge >= 0.3 is 0 Å². The van der Waals surface area contributed by atoms with E-state index in [0.29, 0.717) is 18.9 Å². The summed E-state index contributed by atoms with van der Waals surface area (Å²) in [4.78, 5) is 18.5. The number of amides is 1. The number of aliphatic imine (C=N–C) groups is 1. The van der Waals surface area contributed by atoms with Gasteiger partial charge < -0.3 is 20.6 Å². The molecule has 0 unspecified atom stereocenters. The first-order valence-electron chi connectivity index (χ1n) is 9.02. The molecule has 0 aromatic carbocycles. The molecule has 24 heavy (non-hydrogen) atoms. The minimum atomic E-state index is -0.599. The third-order valence-corrected chi connectivity index (χ3v) is 5.06. The number of hydrogen-bond donors (Lipinski definition) is 3. The lowest BCUT2D eigenvalue weighted by atomic mass is 9.93. The Morgan fingerprint density at radius 2 is 1.92 bits per heavy atom. The topological polar surface area (TPSA) is 77.0 Å². The van der Waals surface area contributed by atoms with E-state index in [9.17, 15) is 9.90 Å². The first-order chi connectivity index (χ1) is 11.1. The predicted molar refractivity (Wildman–Crippen MR) is 108 cm³/mol. The van der Waals surface area contributed by atoms with Crippen molar-refractivity contribution in [1.82, 2.24) is 15.5 Å². The minimum absolute atomic E-state index is 0. The van der Waals surface area contributed by atoms with Gasteiger partial charge in [-0.15, -0.1) is 24.0 Å². The first-order valence-corrected chi connectivity index (χ1v) is 9.02. The molecule has 0 atom stereocenters. The predicted octanol–water partition coefficient (Wildman–Crippen LogP) is 1.72. The van der Waals surface area contributed by atoms with Crippen LogP contribution in [-0.2, 0) is 4.79 Å². The Morgan fingerprint density at radius 1 is 1.29 bits per heavy atom. The smallest absolute Gasteiger partial charge is 0.220 e. The van der Waals surface area contributed by atoms with E-state index in [-0.39, 0.29) is 29.9 Å². The van der Waals surface area contributed by atoms with E-state index < -0.39 is 5.60 Å². The average Bonchev–Trinajstić information content (AvgIpc) is 2.99. The highest BCUT2D eigenvalue weighted by Gasteiger charge is 2.31. The van der Waals surface area contributed by atoms with Crippen LogP contribution < -0.4 is 10.6 Å². The van der Waals surface area contributed by atoms with Crippen molar-refractivity contribution >= 4 is 35.8 Å². The fraction of sp³-hybridized carbons (Fsp3) is 0.882.